The van der Waals surface area contributed by atoms with Gasteiger partial charge in [-0.05, 0) is 154 Å². The van der Waals surface area contributed by atoms with Crippen molar-refractivity contribution in [3.05, 3.63) is 162 Å². The predicted octanol–water partition coefficient (Wildman–Crippen LogP) is 14.3. The summed E-state index contributed by atoms with van der Waals surface area (Å²) in [4.78, 5) is 2.66. The van der Waals surface area contributed by atoms with Gasteiger partial charge in [0.1, 0.15) is 0 Å². The number of fused-ring (bicyclic) bond motifs is 14. The zero-order valence-electron chi connectivity index (χ0n) is 32.3. The molecule has 55 heavy (non-hydrogen) atoms. The summed E-state index contributed by atoms with van der Waals surface area (Å²) in [5, 5.41) is 0. The monoisotopic (exact) mass is 713 g/mol. The van der Waals surface area contributed by atoms with E-state index < -0.39 is 0 Å². The van der Waals surface area contributed by atoms with Crippen LogP contribution in [0, 0.1) is 35.5 Å². The third-order valence-electron chi connectivity index (χ3n) is 16.2. The molecule has 1 heteroatoms. The first-order valence-electron chi connectivity index (χ1n) is 21.5. The fraction of sp³-hybridized carbons (Fsp3) is 0.333. The van der Waals surface area contributed by atoms with Gasteiger partial charge in [0.2, 0.25) is 0 Å². The lowest BCUT2D eigenvalue weighted by Crippen LogP contribution is -2.42. The van der Waals surface area contributed by atoms with Gasteiger partial charge in [0.25, 0.3) is 0 Å². The van der Waals surface area contributed by atoms with Crippen molar-refractivity contribution in [1.82, 2.24) is 0 Å². The van der Waals surface area contributed by atoms with Crippen molar-refractivity contribution in [2.75, 3.05) is 4.90 Å². The van der Waals surface area contributed by atoms with E-state index in [2.05, 4.69) is 158 Å². The largest absolute Gasteiger partial charge is 0.310 e. The van der Waals surface area contributed by atoms with E-state index in [0.717, 1.165) is 23.7 Å². The molecule has 1 nitrogen and oxygen atoms in total. The molecule has 2 unspecified atom stereocenters. The zero-order valence-corrected chi connectivity index (χ0v) is 32.3. The number of nitrogens with zero attached hydrogens (tertiary/aromatic N) is 1. The Morgan fingerprint density at radius 2 is 1.22 bits per heavy atom. The van der Waals surface area contributed by atoms with Crippen LogP contribution in [0.25, 0.3) is 33.4 Å². The van der Waals surface area contributed by atoms with Crippen LogP contribution in [0.4, 0.5) is 17.1 Å². The molecule has 0 radical (unpaired) electrons. The van der Waals surface area contributed by atoms with Crippen LogP contribution in [-0.4, -0.2) is 0 Å². The summed E-state index contributed by atoms with van der Waals surface area (Å²) in [6.07, 6.45) is 10.9. The first kappa shape index (κ1) is 32.4. The Morgan fingerprint density at radius 3 is 2.04 bits per heavy atom. The first-order chi connectivity index (χ1) is 27.1. The van der Waals surface area contributed by atoms with E-state index in [9.17, 15) is 0 Å². The van der Waals surface area contributed by atoms with Crippen molar-refractivity contribution in [2.45, 2.75) is 76.0 Å². The van der Waals surface area contributed by atoms with Crippen LogP contribution in [0.3, 0.4) is 0 Å². The maximum atomic E-state index is 2.68. The Morgan fingerprint density at radius 1 is 0.509 bits per heavy atom. The molecular weight excluding hydrogens is 663 g/mol. The number of anilines is 3. The molecule has 0 aliphatic heterocycles. The molecule has 7 aliphatic carbocycles. The zero-order chi connectivity index (χ0) is 36.5. The quantitative estimate of drug-likeness (QED) is 0.176. The summed E-state index contributed by atoms with van der Waals surface area (Å²) in [5.74, 6) is 4.39. The van der Waals surface area contributed by atoms with Gasteiger partial charge in [-0.2, -0.15) is 0 Å². The first-order valence-corrected chi connectivity index (χ1v) is 21.5. The molecule has 6 aromatic carbocycles. The average molecular weight is 714 g/mol. The minimum atomic E-state index is 0.0303. The highest BCUT2D eigenvalue weighted by Gasteiger charge is 2.58. The molecule has 272 valence electrons. The SMILES string of the molecule is C[C@@H]1CC2CCC1[C@@]1(c3ccccc3-c3ccc(N(c4cccc(-c5ccccc5)c4)c4cccc5c4-c4ccccc4[C@@]54C[C@H]5CC[C@@H]4C5)cc31)[C@@H](C)C2. The maximum Gasteiger partial charge on any atom is 0.0543 e. The Labute approximate surface area is 327 Å². The Hall–Kier alpha value is -4.88. The molecule has 0 amide bonds. The molecule has 5 fully saturated rings. The Kier molecular flexibility index (Phi) is 6.95. The lowest BCUT2D eigenvalue weighted by Gasteiger charge is -2.46. The molecule has 0 heterocycles. The molecule has 13 rings (SSSR count). The van der Waals surface area contributed by atoms with Gasteiger partial charge in [-0.1, -0.05) is 136 Å². The summed E-state index contributed by atoms with van der Waals surface area (Å²) in [5.41, 5.74) is 18.7. The van der Waals surface area contributed by atoms with Crippen molar-refractivity contribution in [1.29, 1.82) is 0 Å². The van der Waals surface area contributed by atoms with Crippen molar-refractivity contribution >= 4 is 17.1 Å². The van der Waals surface area contributed by atoms with Crippen LogP contribution in [0.5, 0.6) is 0 Å². The van der Waals surface area contributed by atoms with Gasteiger partial charge in [-0.25, -0.2) is 0 Å². The molecule has 4 bridgehead atoms. The summed E-state index contributed by atoms with van der Waals surface area (Å²) in [7, 11) is 0. The fourth-order valence-corrected chi connectivity index (χ4v) is 14.3. The summed E-state index contributed by atoms with van der Waals surface area (Å²) in [6.45, 7) is 5.19. The second kappa shape index (κ2) is 11.8. The van der Waals surface area contributed by atoms with Crippen LogP contribution >= 0.6 is 0 Å². The minimum Gasteiger partial charge on any atom is -0.310 e. The third-order valence-corrected chi connectivity index (χ3v) is 16.2. The lowest BCUT2D eigenvalue weighted by molar-refractivity contribution is 0.158. The van der Waals surface area contributed by atoms with Crippen LogP contribution in [-0.2, 0) is 10.8 Å². The standard InChI is InChI=1S/C54H51N/c1-34-28-36-23-27-46(34)54(35(2)29-36)48-19-9-6-16-43(48)44-26-25-42(32-50(44)54)55(41-15-10-14-39(31-41)38-12-4-3-5-13-38)51-21-11-20-49-52(51)45-17-7-8-18-47(45)53(49)33-37-22-24-40(53)30-37/h3-21,25-26,31-32,34-37,40,46H,22-24,27-30,33H2,1-2H3/t34-,35+,36?,37+,40-,46?,53+,54-/m1/s1. The van der Waals surface area contributed by atoms with Gasteiger partial charge in [-0.3, -0.25) is 0 Å². The highest BCUT2D eigenvalue weighted by Crippen LogP contribution is 2.68. The molecular formula is C54H51N. The second-order valence-electron chi connectivity index (χ2n) is 18.6. The van der Waals surface area contributed by atoms with E-state index in [1.807, 2.05) is 0 Å². The highest BCUT2D eigenvalue weighted by molar-refractivity contribution is 5.96. The van der Waals surface area contributed by atoms with E-state index in [1.165, 1.54) is 102 Å². The fourth-order valence-electron chi connectivity index (χ4n) is 14.3. The second-order valence-corrected chi connectivity index (χ2v) is 18.6. The lowest BCUT2D eigenvalue weighted by atomic mass is 9.57. The van der Waals surface area contributed by atoms with E-state index in [4.69, 9.17) is 0 Å². The molecule has 7 aliphatic rings. The number of hydrogen-bond acceptors (Lipinski definition) is 1. The molecule has 0 saturated heterocycles. The van der Waals surface area contributed by atoms with Crippen molar-refractivity contribution in [3.8, 4) is 33.4 Å². The predicted molar refractivity (Wildman–Crippen MR) is 228 cm³/mol. The van der Waals surface area contributed by atoms with E-state index in [0.29, 0.717) is 11.8 Å². The number of benzene rings is 6. The van der Waals surface area contributed by atoms with Gasteiger partial charge in [0.15, 0.2) is 0 Å². The Balaban J connectivity index is 1.12. The van der Waals surface area contributed by atoms with E-state index in [1.54, 1.807) is 22.3 Å². The topological polar surface area (TPSA) is 3.24 Å². The van der Waals surface area contributed by atoms with Gasteiger partial charge in [-0.15, -0.1) is 0 Å². The molecule has 5 saturated carbocycles. The van der Waals surface area contributed by atoms with Crippen molar-refractivity contribution < 1.29 is 0 Å². The Bertz CT molecular complexity index is 2490. The van der Waals surface area contributed by atoms with E-state index >= 15 is 0 Å². The summed E-state index contributed by atoms with van der Waals surface area (Å²) < 4.78 is 0. The van der Waals surface area contributed by atoms with Crippen LogP contribution < -0.4 is 4.90 Å². The maximum absolute atomic E-state index is 2.68. The van der Waals surface area contributed by atoms with Crippen LogP contribution in [0.15, 0.2) is 140 Å². The number of hydrogen-bond donors (Lipinski definition) is 0. The minimum absolute atomic E-state index is 0.0303. The van der Waals surface area contributed by atoms with Gasteiger partial charge in [0, 0.05) is 27.8 Å². The molecule has 8 atom stereocenters. The van der Waals surface area contributed by atoms with E-state index in [-0.39, 0.29) is 10.8 Å². The molecule has 6 aromatic rings. The number of rotatable bonds is 4. The van der Waals surface area contributed by atoms with Crippen molar-refractivity contribution in [3.63, 3.8) is 0 Å². The van der Waals surface area contributed by atoms with Gasteiger partial charge >= 0.3 is 0 Å². The smallest absolute Gasteiger partial charge is 0.0543 e. The highest BCUT2D eigenvalue weighted by atomic mass is 15.1. The molecule has 0 N–H and O–H groups in total. The molecule has 0 aromatic heterocycles. The van der Waals surface area contributed by atoms with Gasteiger partial charge in [0.05, 0.1) is 5.69 Å². The summed E-state index contributed by atoms with van der Waals surface area (Å²) >= 11 is 0. The molecule has 2 spiro atoms. The van der Waals surface area contributed by atoms with Crippen molar-refractivity contribution in [2.24, 2.45) is 35.5 Å². The average Bonchev–Trinajstić information content (AvgIpc) is 3.95. The van der Waals surface area contributed by atoms with Gasteiger partial charge < -0.3 is 4.90 Å². The van der Waals surface area contributed by atoms with Crippen LogP contribution in [0.1, 0.15) is 87.5 Å². The summed E-state index contributed by atoms with van der Waals surface area (Å²) in [6, 6.07) is 54.3. The third kappa shape index (κ3) is 4.31. The van der Waals surface area contributed by atoms with Crippen LogP contribution in [0.2, 0.25) is 0 Å². The normalized spacial score (nSPS) is 30.3.